The van der Waals surface area contributed by atoms with Gasteiger partial charge in [-0.3, -0.25) is 9.69 Å². The van der Waals surface area contributed by atoms with Gasteiger partial charge in [-0.25, -0.2) is 4.79 Å². The van der Waals surface area contributed by atoms with E-state index in [1.807, 2.05) is 12.1 Å². The van der Waals surface area contributed by atoms with Crippen LogP contribution in [0.5, 0.6) is 0 Å². The molecule has 72 valence electrons. The fourth-order valence-electron chi connectivity index (χ4n) is 1.29. The van der Waals surface area contributed by atoms with Crippen molar-refractivity contribution >= 4 is 29.3 Å². The first-order valence-corrected chi connectivity index (χ1v) is 4.95. The molecule has 0 spiro atoms. The van der Waals surface area contributed by atoms with Gasteiger partial charge in [-0.2, -0.15) is 0 Å². The number of fused-ring (bicyclic) bond motifs is 1. The molecule has 1 aliphatic heterocycles. The Morgan fingerprint density at radius 1 is 1.36 bits per heavy atom. The molecule has 0 radical (unpaired) electrons. The van der Waals surface area contributed by atoms with Gasteiger partial charge in [0.25, 0.3) is 0 Å². The van der Waals surface area contributed by atoms with Crippen molar-refractivity contribution in [3.05, 3.63) is 24.3 Å². The minimum atomic E-state index is -1.41. The maximum Gasteiger partial charge on any atom is 0.394 e. The smallest absolute Gasteiger partial charge is 0.394 e. The number of hydrogen-bond acceptors (Lipinski definition) is 3. The summed E-state index contributed by atoms with van der Waals surface area (Å²) in [6.07, 6.45) is 0. The number of para-hydroxylation sites is 1. The van der Waals surface area contributed by atoms with E-state index in [4.69, 9.17) is 5.11 Å². The molecule has 14 heavy (non-hydrogen) atoms. The lowest BCUT2D eigenvalue weighted by molar-refractivity contribution is -0.148. The first-order chi connectivity index (χ1) is 6.70. The van der Waals surface area contributed by atoms with E-state index >= 15 is 0 Å². The highest BCUT2D eigenvalue weighted by atomic mass is 32.2. The number of carbonyl (C=O) groups is 2. The molecule has 1 N–H and O–H groups in total. The molecule has 5 heteroatoms. The Labute approximate surface area is 84.5 Å². The molecule has 0 fully saturated rings. The minimum absolute atomic E-state index is 0.379. The number of thioether (sulfide) groups is 1. The molecule has 0 aliphatic carbocycles. The van der Waals surface area contributed by atoms with Crippen molar-refractivity contribution in [2.45, 2.75) is 4.90 Å². The number of carboxylic acid groups (broad SMARTS) is 1. The van der Waals surface area contributed by atoms with Crippen LogP contribution in [0.3, 0.4) is 0 Å². The van der Waals surface area contributed by atoms with Crippen LogP contribution in [0.4, 0.5) is 5.69 Å². The van der Waals surface area contributed by atoms with Gasteiger partial charge in [-0.1, -0.05) is 12.1 Å². The predicted molar refractivity (Wildman–Crippen MR) is 52.3 cm³/mol. The third kappa shape index (κ3) is 1.35. The number of carbonyl (C=O) groups excluding carboxylic acids is 1. The number of anilines is 1. The van der Waals surface area contributed by atoms with E-state index in [2.05, 4.69) is 0 Å². The normalized spacial score (nSPS) is 13.9. The molecular weight excluding hydrogens is 202 g/mol. The third-order valence-electron chi connectivity index (χ3n) is 1.93. The number of nitrogens with zero attached hydrogens (tertiary/aromatic N) is 1. The lowest BCUT2D eigenvalue weighted by atomic mass is 10.3. The second kappa shape index (κ2) is 3.34. The summed E-state index contributed by atoms with van der Waals surface area (Å²) in [4.78, 5) is 23.9. The molecule has 4 nitrogen and oxygen atoms in total. The standard InChI is InChI=1S/C9H7NO3S/c11-8(9(12)13)10-5-14-7-4-2-1-3-6(7)10/h1-4H,5H2,(H,12,13). The fraction of sp³-hybridized carbons (Fsp3) is 0.111. The first-order valence-electron chi connectivity index (χ1n) is 3.97. The highest BCUT2D eigenvalue weighted by molar-refractivity contribution is 8.00. The Morgan fingerprint density at radius 2 is 2.07 bits per heavy atom. The molecule has 0 saturated heterocycles. The monoisotopic (exact) mass is 209 g/mol. The Balaban J connectivity index is 2.35. The van der Waals surface area contributed by atoms with Gasteiger partial charge in [0, 0.05) is 4.90 Å². The van der Waals surface area contributed by atoms with E-state index in [0.29, 0.717) is 11.6 Å². The van der Waals surface area contributed by atoms with Crippen molar-refractivity contribution in [3.8, 4) is 0 Å². The van der Waals surface area contributed by atoms with Gasteiger partial charge in [0.1, 0.15) is 0 Å². The number of rotatable bonds is 0. The maximum atomic E-state index is 11.2. The minimum Gasteiger partial charge on any atom is -0.474 e. The lowest BCUT2D eigenvalue weighted by Crippen LogP contribution is -2.34. The van der Waals surface area contributed by atoms with E-state index in [1.54, 1.807) is 12.1 Å². The Bertz CT molecular complexity index is 405. The number of benzene rings is 1. The zero-order chi connectivity index (χ0) is 10.1. The van der Waals surface area contributed by atoms with Crippen molar-refractivity contribution < 1.29 is 14.7 Å². The molecule has 1 amide bonds. The second-order valence-electron chi connectivity index (χ2n) is 2.78. The summed E-state index contributed by atoms with van der Waals surface area (Å²) < 4.78 is 0. The van der Waals surface area contributed by atoms with Crippen LogP contribution in [0.1, 0.15) is 0 Å². The van der Waals surface area contributed by atoms with Crippen LogP contribution in [0, 0.1) is 0 Å². The van der Waals surface area contributed by atoms with Crippen LogP contribution in [0.2, 0.25) is 0 Å². The molecule has 0 bridgehead atoms. The predicted octanol–water partition coefficient (Wildman–Crippen LogP) is 1.17. The van der Waals surface area contributed by atoms with Crippen LogP contribution >= 0.6 is 11.8 Å². The van der Waals surface area contributed by atoms with Gasteiger partial charge in [-0.15, -0.1) is 11.8 Å². The SMILES string of the molecule is O=C(O)C(=O)N1CSc2ccccc21. The Morgan fingerprint density at radius 3 is 2.79 bits per heavy atom. The third-order valence-corrected chi connectivity index (χ3v) is 2.98. The highest BCUT2D eigenvalue weighted by Crippen LogP contribution is 2.37. The van der Waals surface area contributed by atoms with E-state index in [9.17, 15) is 9.59 Å². The van der Waals surface area contributed by atoms with Crippen LogP contribution in [-0.2, 0) is 9.59 Å². The van der Waals surface area contributed by atoms with Gasteiger partial charge in [0.2, 0.25) is 0 Å². The average molecular weight is 209 g/mol. The molecular formula is C9H7NO3S. The van der Waals surface area contributed by atoms with E-state index in [0.717, 1.165) is 4.90 Å². The molecule has 1 aromatic carbocycles. The summed E-state index contributed by atoms with van der Waals surface area (Å²) in [7, 11) is 0. The molecule has 0 unspecified atom stereocenters. The van der Waals surface area contributed by atoms with E-state index in [1.165, 1.54) is 16.7 Å². The van der Waals surface area contributed by atoms with Gasteiger partial charge < -0.3 is 5.11 Å². The van der Waals surface area contributed by atoms with Crippen molar-refractivity contribution in [2.24, 2.45) is 0 Å². The molecule has 1 aromatic rings. The van der Waals surface area contributed by atoms with E-state index < -0.39 is 11.9 Å². The van der Waals surface area contributed by atoms with Crippen LogP contribution in [0.25, 0.3) is 0 Å². The molecule has 1 heterocycles. The largest absolute Gasteiger partial charge is 0.474 e. The van der Waals surface area contributed by atoms with Gasteiger partial charge in [0.05, 0.1) is 11.6 Å². The van der Waals surface area contributed by atoms with E-state index in [-0.39, 0.29) is 0 Å². The van der Waals surface area contributed by atoms with Gasteiger partial charge in [-0.05, 0) is 12.1 Å². The van der Waals surface area contributed by atoms with Gasteiger partial charge >= 0.3 is 11.9 Å². The molecule has 1 aliphatic rings. The number of hydrogen-bond donors (Lipinski definition) is 1. The summed E-state index contributed by atoms with van der Waals surface area (Å²) in [5, 5.41) is 8.57. The molecule has 0 saturated carbocycles. The average Bonchev–Trinajstić information content (AvgIpc) is 2.60. The fourth-order valence-corrected chi connectivity index (χ4v) is 2.31. The summed E-state index contributed by atoms with van der Waals surface area (Å²) in [6.45, 7) is 0. The zero-order valence-electron chi connectivity index (χ0n) is 7.14. The van der Waals surface area contributed by atoms with Crippen molar-refractivity contribution in [1.82, 2.24) is 0 Å². The van der Waals surface area contributed by atoms with Gasteiger partial charge in [0.15, 0.2) is 0 Å². The number of aliphatic carboxylic acids is 1. The topological polar surface area (TPSA) is 57.6 Å². The quantitative estimate of drug-likeness (QED) is 0.651. The summed E-state index contributed by atoms with van der Waals surface area (Å²) in [5.74, 6) is -1.91. The Kier molecular flexibility index (Phi) is 2.17. The van der Waals surface area contributed by atoms with Crippen LogP contribution < -0.4 is 4.90 Å². The lowest BCUT2D eigenvalue weighted by Gasteiger charge is -2.12. The first kappa shape index (κ1) is 9.08. The molecule has 2 rings (SSSR count). The number of carboxylic acids is 1. The maximum absolute atomic E-state index is 11.2. The van der Waals surface area contributed by atoms with Crippen LogP contribution in [-0.4, -0.2) is 22.9 Å². The summed E-state index contributed by atoms with van der Waals surface area (Å²) in [5.41, 5.74) is 0.685. The van der Waals surface area contributed by atoms with Crippen LogP contribution in [0.15, 0.2) is 29.2 Å². The summed E-state index contributed by atoms with van der Waals surface area (Å²) >= 11 is 1.46. The zero-order valence-corrected chi connectivity index (χ0v) is 7.95. The molecule has 0 aromatic heterocycles. The number of amides is 1. The van der Waals surface area contributed by atoms with Crippen molar-refractivity contribution in [2.75, 3.05) is 10.8 Å². The Hall–Kier alpha value is -1.49. The highest BCUT2D eigenvalue weighted by Gasteiger charge is 2.28. The summed E-state index contributed by atoms with van der Waals surface area (Å²) in [6, 6.07) is 7.26. The second-order valence-corrected chi connectivity index (χ2v) is 3.77. The van der Waals surface area contributed by atoms with Crippen molar-refractivity contribution in [3.63, 3.8) is 0 Å². The molecule has 0 atom stereocenters. The van der Waals surface area contributed by atoms with Crippen molar-refractivity contribution in [1.29, 1.82) is 0 Å².